The monoisotopic (exact) mass is 395 g/mol. The largest absolute Gasteiger partial charge is 0.394 e. The summed E-state index contributed by atoms with van der Waals surface area (Å²) in [5, 5.41) is 15.5. The van der Waals surface area contributed by atoms with Crippen LogP contribution in [-0.2, 0) is 19.1 Å². The molecule has 3 amide bonds. The fourth-order valence-electron chi connectivity index (χ4n) is 5.35. The van der Waals surface area contributed by atoms with E-state index in [4.69, 9.17) is 4.74 Å². The second kappa shape index (κ2) is 8.37. The zero-order chi connectivity index (χ0) is 20.5. The summed E-state index contributed by atoms with van der Waals surface area (Å²) >= 11 is 0. The van der Waals surface area contributed by atoms with Crippen LogP contribution in [0.5, 0.6) is 0 Å². The van der Waals surface area contributed by atoms with Crippen molar-refractivity contribution >= 4 is 17.7 Å². The van der Waals surface area contributed by atoms with Gasteiger partial charge in [0, 0.05) is 13.6 Å². The zero-order valence-electron chi connectivity index (χ0n) is 17.1. The van der Waals surface area contributed by atoms with E-state index in [1.807, 2.05) is 6.92 Å². The van der Waals surface area contributed by atoms with Crippen molar-refractivity contribution < 1.29 is 24.2 Å². The van der Waals surface area contributed by atoms with Crippen LogP contribution in [0.4, 0.5) is 0 Å². The molecule has 2 unspecified atom stereocenters. The molecule has 8 nitrogen and oxygen atoms in total. The molecule has 0 radical (unpaired) electrons. The van der Waals surface area contributed by atoms with Gasteiger partial charge in [0.15, 0.2) is 0 Å². The van der Waals surface area contributed by atoms with Crippen LogP contribution in [0.1, 0.15) is 52.4 Å². The predicted molar refractivity (Wildman–Crippen MR) is 102 cm³/mol. The summed E-state index contributed by atoms with van der Waals surface area (Å²) in [6.45, 7) is 4.30. The van der Waals surface area contributed by atoms with Crippen molar-refractivity contribution in [1.82, 2.24) is 15.5 Å². The van der Waals surface area contributed by atoms with Crippen molar-refractivity contribution in [2.75, 3.05) is 20.2 Å². The highest BCUT2D eigenvalue weighted by Crippen LogP contribution is 2.58. The average molecular weight is 396 g/mol. The lowest BCUT2D eigenvalue weighted by molar-refractivity contribution is -0.145. The number of ether oxygens (including phenoxy) is 1. The van der Waals surface area contributed by atoms with Crippen molar-refractivity contribution in [3.8, 4) is 0 Å². The third-order valence-electron chi connectivity index (χ3n) is 6.69. The van der Waals surface area contributed by atoms with Gasteiger partial charge in [-0.15, -0.1) is 0 Å². The summed E-state index contributed by atoms with van der Waals surface area (Å²) in [5.74, 6) is -1.95. The lowest BCUT2D eigenvalue weighted by Gasteiger charge is -2.36. The number of likely N-dealkylation sites (tertiary alicyclic amines) is 1. The first kappa shape index (κ1) is 21.0. The number of carbonyl (C=O) groups is 3. The summed E-state index contributed by atoms with van der Waals surface area (Å²) in [4.78, 5) is 40.7. The van der Waals surface area contributed by atoms with E-state index in [0.29, 0.717) is 25.8 Å². The Morgan fingerprint density at radius 3 is 2.68 bits per heavy atom. The fourth-order valence-corrected chi connectivity index (χ4v) is 5.35. The number of hydrogen-bond donors (Lipinski definition) is 3. The molecule has 0 aliphatic carbocycles. The van der Waals surface area contributed by atoms with Gasteiger partial charge in [-0.1, -0.05) is 26.7 Å². The van der Waals surface area contributed by atoms with E-state index in [1.165, 1.54) is 4.90 Å². The maximum atomic E-state index is 13.4. The van der Waals surface area contributed by atoms with Crippen LogP contribution in [0.3, 0.4) is 0 Å². The minimum Gasteiger partial charge on any atom is -0.394 e. The van der Waals surface area contributed by atoms with Crippen molar-refractivity contribution in [3.05, 3.63) is 0 Å². The van der Waals surface area contributed by atoms with Crippen molar-refractivity contribution in [2.24, 2.45) is 11.8 Å². The van der Waals surface area contributed by atoms with E-state index in [9.17, 15) is 19.5 Å². The van der Waals surface area contributed by atoms with Gasteiger partial charge in [0.2, 0.25) is 17.7 Å². The summed E-state index contributed by atoms with van der Waals surface area (Å²) in [6.07, 6.45) is 4.38. The Morgan fingerprint density at radius 2 is 2.07 bits per heavy atom. The lowest BCUT2D eigenvalue weighted by atomic mass is 9.70. The first-order chi connectivity index (χ1) is 13.5. The Balaban J connectivity index is 1.93. The second-order valence-electron chi connectivity index (χ2n) is 8.16. The van der Waals surface area contributed by atoms with Gasteiger partial charge in [-0.25, -0.2) is 0 Å². The quantitative estimate of drug-likeness (QED) is 0.483. The molecule has 158 valence electrons. The van der Waals surface area contributed by atoms with E-state index >= 15 is 0 Å². The minimum atomic E-state index is -0.976. The molecule has 2 bridgehead atoms. The SMILES string of the molecule is CCCCCNC(=O)C1N([C@@H](CC)CO)C(=O)[C@@H]2[C@H](C(=O)NC)[C@@H]3CCC12O3. The number of nitrogens with zero attached hydrogens (tertiary/aromatic N) is 1. The smallest absolute Gasteiger partial charge is 0.245 e. The number of fused-ring (bicyclic) bond motifs is 1. The zero-order valence-corrected chi connectivity index (χ0v) is 17.1. The molecular weight excluding hydrogens is 362 g/mol. The van der Waals surface area contributed by atoms with Gasteiger partial charge in [0.25, 0.3) is 0 Å². The van der Waals surface area contributed by atoms with Crippen molar-refractivity contribution in [2.45, 2.75) is 76.2 Å². The van der Waals surface area contributed by atoms with Gasteiger partial charge < -0.3 is 25.4 Å². The van der Waals surface area contributed by atoms with Crippen LogP contribution in [0.15, 0.2) is 0 Å². The van der Waals surface area contributed by atoms with Gasteiger partial charge >= 0.3 is 0 Å². The molecule has 6 atom stereocenters. The number of carbonyl (C=O) groups excluding carboxylic acids is 3. The molecule has 3 aliphatic heterocycles. The molecule has 0 aromatic heterocycles. The van der Waals surface area contributed by atoms with Gasteiger partial charge in [0.05, 0.1) is 30.6 Å². The number of aliphatic hydroxyl groups is 1. The predicted octanol–water partition coefficient (Wildman–Crippen LogP) is 0.184. The maximum absolute atomic E-state index is 13.4. The molecule has 8 heteroatoms. The van der Waals surface area contributed by atoms with Gasteiger partial charge in [0.1, 0.15) is 11.6 Å². The standard InChI is InChI=1S/C20H33N3O5/c1-4-6-7-10-22-18(26)16-20-9-8-13(28-20)14(17(25)21-3)15(20)19(27)23(16)12(5-2)11-24/h12-16,24H,4-11H2,1-3H3,(H,21,25)(H,22,26)/t12-,13-,14+,15-,16?,20?/m0/s1. The van der Waals surface area contributed by atoms with E-state index in [1.54, 1.807) is 7.05 Å². The fraction of sp³-hybridized carbons (Fsp3) is 0.850. The molecule has 3 aliphatic rings. The lowest BCUT2D eigenvalue weighted by Crippen LogP contribution is -2.58. The molecule has 3 N–H and O–H groups in total. The van der Waals surface area contributed by atoms with Gasteiger partial charge in [-0.3, -0.25) is 14.4 Å². The highest BCUT2D eigenvalue weighted by Gasteiger charge is 2.74. The highest BCUT2D eigenvalue weighted by atomic mass is 16.5. The number of hydrogen-bond acceptors (Lipinski definition) is 5. The normalized spacial score (nSPS) is 34.4. The number of amides is 3. The molecule has 3 rings (SSSR count). The Morgan fingerprint density at radius 1 is 1.32 bits per heavy atom. The Kier molecular flexibility index (Phi) is 6.29. The van der Waals surface area contributed by atoms with Crippen LogP contribution in [-0.4, -0.2) is 71.7 Å². The molecule has 1 spiro atoms. The number of rotatable bonds is 9. The van der Waals surface area contributed by atoms with E-state index in [2.05, 4.69) is 17.6 Å². The maximum Gasteiger partial charge on any atom is 0.245 e. The average Bonchev–Trinajstić information content (AvgIpc) is 3.33. The van der Waals surface area contributed by atoms with Gasteiger partial charge in [-0.05, 0) is 25.7 Å². The van der Waals surface area contributed by atoms with Crippen LogP contribution in [0.2, 0.25) is 0 Å². The summed E-state index contributed by atoms with van der Waals surface area (Å²) in [6, 6.07) is -1.27. The highest BCUT2D eigenvalue weighted by molar-refractivity contribution is 5.99. The Bertz CT molecular complexity index is 623. The Labute approximate surface area is 166 Å². The van der Waals surface area contributed by atoms with Crippen LogP contribution in [0.25, 0.3) is 0 Å². The first-order valence-corrected chi connectivity index (χ1v) is 10.6. The van der Waals surface area contributed by atoms with E-state index in [-0.39, 0.29) is 30.4 Å². The van der Waals surface area contributed by atoms with Crippen molar-refractivity contribution in [1.29, 1.82) is 0 Å². The summed E-state index contributed by atoms with van der Waals surface area (Å²) in [7, 11) is 1.55. The number of nitrogens with one attached hydrogen (secondary N) is 2. The second-order valence-corrected chi connectivity index (χ2v) is 8.16. The van der Waals surface area contributed by atoms with E-state index in [0.717, 1.165) is 19.3 Å². The van der Waals surface area contributed by atoms with Crippen molar-refractivity contribution in [3.63, 3.8) is 0 Å². The van der Waals surface area contributed by atoms with Crippen LogP contribution >= 0.6 is 0 Å². The third-order valence-corrected chi connectivity index (χ3v) is 6.69. The third kappa shape index (κ3) is 3.10. The number of unbranched alkanes of at least 4 members (excludes halogenated alkanes) is 2. The molecular formula is C20H33N3O5. The number of aliphatic hydroxyl groups excluding tert-OH is 1. The summed E-state index contributed by atoms with van der Waals surface area (Å²) in [5.41, 5.74) is -0.976. The molecule has 0 aromatic carbocycles. The molecule has 3 saturated heterocycles. The Hall–Kier alpha value is -1.67. The van der Waals surface area contributed by atoms with Gasteiger partial charge in [-0.2, -0.15) is 0 Å². The molecule has 0 aromatic rings. The molecule has 0 saturated carbocycles. The minimum absolute atomic E-state index is 0.217. The van der Waals surface area contributed by atoms with Crippen LogP contribution in [0, 0.1) is 11.8 Å². The first-order valence-electron chi connectivity index (χ1n) is 10.6. The molecule has 28 heavy (non-hydrogen) atoms. The molecule has 3 fully saturated rings. The topological polar surface area (TPSA) is 108 Å². The summed E-state index contributed by atoms with van der Waals surface area (Å²) < 4.78 is 6.25. The van der Waals surface area contributed by atoms with Crippen LogP contribution < -0.4 is 10.6 Å². The molecule has 3 heterocycles. The van der Waals surface area contributed by atoms with E-state index < -0.39 is 29.5 Å².